The van der Waals surface area contributed by atoms with Crippen molar-refractivity contribution < 1.29 is 13.9 Å². The molecule has 0 amide bonds. The van der Waals surface area contributed by atoms with Crippen molar-refractivity contribution in [3.63, 3.8) is 0 Å². The lowest BCUT2D eigenvalue weighted by Crippen LogP contribution is -2.30. The number of hydrogen-bond donors (Lipinski definition) is 1. The standard InChI is InChI=1S/C13H18F2O/c1-12(2,3)9-5-7-10(8-6-9)13(4,16)11(14)15/h5-8,11,16H,1-4H3. The van der Waals surface area contributed by atoms with E-state index in [-0.39, 0.29) is 11.0 Å². The Morgan fingerprint density at radius 2 is 1.31 bits per heavy atom. The summed E-state index contributed by atoms with van der Waals surface area (Å²) >= 11 is 0. The van der Waals surface area contributed by atoms with Crippen LogP contribution in [0.15, 0.2) is 24.3 Å². The van der Waals surface area contributed by atoms with E-state index in [1.807, 2.05) is 20.8 Å². The van der Waals surface area contributed by atoms with E-state index < -0.39 is 12.0 Å². The third-order valence-corrected chi connectivity index (χ3v) is 2.76. The average Bonchev–Trinajstić information content (AvgIpc) is 2.16. The van der Waals surface area contributed by atoms with Crippen LogP contribution in [-0.2, 0) is 11.0 Å². The van der Waals surface area contributed by atoms with Crippen LogP contribution in [0.1, 0.15) is 38.8 Å². The van der Waals surface area contributed by atoms with Crippen molar-refractivity contribution >= 4 is 0 Å². The summed E-state index contributed by atoms with van der Waals surface area (Å²) in [6.45, 7) is 7.28. The number of hydrogen-bond acceptors (Lipinski definition) is 1. The Morgan fingerprint density at radius 3 is 1.62 bits per heavy atom. The van der Waals surface area contributed by atoms with Gasteiger partial charge in [-0.25, -0.2) is 8.78 Å². The molecular weight excluding hydrogens is 210 g/mol. The van der Waals surface area contributed by atoms with Crippen molar-refractivity contribution in [1.82, 2.24) is 0 Å². The van der Waals surface area contributed by atoms with E-state index in [2.05, 4.69) is 0 Å². The van der Waals surface area contributed by atoms with Crippen molar-refractivity contribution in [2.24, 2.45) is 0 Å². The lowest BCUT2D eigenvalue weighted by atomic mass is 9.85. The number of alkyl halides is 2. The molecule has 0 heterocycles. The van der Waals surface area contributed by atoms with Crippen molar-refractivity contribution in [1.29, 1.82) is 0 Å². The van der Waals surface area contributed by atoms with E-state index >= 15 is 0 Å². The molecule has 1 aromatic carbocycles. The van der Waals surface area contributed by atoms with Crippen LogP contribution in [0.4, 0.5) is 8.78 Å². The van der Waals surface area contributed by atoms with Gasteiger partial charge in [0.1, 0.15) is 5.60 Å². The van der Waals surface area contributed by atoms with Gasteiger partial charge in [0.2, 0.25) is 0 Å². The minimum absolute atomic E-state index is 0.0186. The SMILES string of the molecule is CC(C)(C)c1ccc(C(C)(O)C(F)F)cc1. The maximum Gasteiger partial charge on any atom is 0.270 e. The molecule has 3 heteroatoms. The monoisotopic (exact) mass is 228 g/mol. The normalized spacial score (nSPS) is 16.2. The lowest BCUT2D eigenvalue weighted by molar-refractivity contribution is -0.0883. The molecule has 90 valence electrons. The van der Waals surface area contributed by atoms with Gasteiger partial charge in [-0.3, -0.25) is 0 Å². The van der Waals surface area contributed by atoms with Gasteiger partial charge in [0.25, 0.3) is 6.43 Å². The van der Waals surface area contributed by atoms with Gasteiger partial charge in [0.05, 0.1) is 0 Å². The van der Waals surface area contributed by atoms with Gasteiger partial charge >= 0.3 is 0 Å². The van der Waals surface area contributed by atoms with Crippen molar-refractivity contribution in [2.75, 3.05) is 0 Å². The van der Waals surface area contributed by atoms with E-state index in [4.69, 9.17) is 0 Å². The molecule has 1 rings (SSSR count). The summed E-state index contributed by atoms with van der Waals surface area (Å²) in [5, 5.41) is 9.61. The minimum Gasteiger partial charge on any atom is -0.379 e. The molecule has 16 heavy (non-hydrogen) atoms. The van der Waals surface area contributed by atoms with E-state index in [0.717, 1.165) is 12.5 Å². The summed E-state index contributed by atoms with van der Waals surface area (Å²) in [6, 6.07) is 6.69. The van der Waals surface area contributed by atoms with E-state index in [9.17, 15) is 13.9 Å². The van der Waals surface area contributed by atoms with Gasteiger partial charge in [0.15, 0.2) is 0 Å². The van der Waals surface area contributed by atoms with Crippen molar-refractivity contribution in [3.8, 4) is 0 Å². The Hall–Kier alpha value is -0.960. The van der Waals surface area contributed by atoms with Crippen molar-refractivity contribution in [3.05, 3.63) is 35.4 Å². The minimum atomic E-state index is -2.78. The second-order valence-corrected chi connectivity index (χ2v) is 5.28. The summed E-state index contributed by atoms with van der Waals surface area (Å²) in [4.78, 5) is 0. The van der Waals surface area contributed by atoms with Crippen LogP contribution in [0.3, 0.4) is 0 Å². The maximum atomic E-state index is 12.6. The van der Waals surface area contributed by atoms with Crippen LogP contribution in [-0.4, -0.2) is 11.5 Å². The highest BCUT2D eigenvalue weighted by molar-refractivity contribution is 5.30. The van der Waals surface area contributed by atoms with E-state index in [1.54, 1.807) is 24.3 Å². The Kier molecular flexibility index (Phi) is 3.38. The molecule has 1 unspecified atom stereocenters. The Morgan fingerprint density at radius 1 is 0.938 bits per heavy atom. The molecule has 0 fully saturated rings. The van der Waals surface area contributed by atoms with Crippen LogP contribution >= 0.6 is 0 Å². The summed E-state index contributed by atoms with van der Waals surface area (Å²) < 4.78 is 25.2. The molecule has 0 spiro atoms. The highest BCUT2D eigenvalue weighted by Crippen LogP contribution is 2.30. The molecule has 0 aliphatic carbocycles. The number of benzene rings is 1. The molecule has 0 saturated heterocycles. The Balaban J connectivity index is 3.05. The first-order chi connectivity index (χ1) is 7.15. The quantitative estimate of drug-likeness (QED) is 0.822. The molecule has 0 aliphatic rings. The fraction of sp³-hybridized carbons (Fsp3) is 0.538. The van der Waals surface area contributed by atoms with Crippen LogP contribution in [0, 0.1) is 0 Å². The predicted octanol–water partition coefficient (Wildman–Crippen LogP) is 3.46. The van der Waals surface area contributed by atoms with E-state index in [0.29, 0.717) is 0 Å². The number of halogens is 2. The molecule has 0 aromatic heterocycles. The average molecular weight is 228 g/mol. The van der Waals surface area contributed by atoms with Gasteiger partial charge in [-0.15, -0.1) is 0 Å². The summed E-state index contributed by atoms with van der Waals surface area (Å²) in [6.07, 6.45) is -2.78. The van der Waals surface area contributed by atoms with Crippen LogP contribution < -0.4 is 0 Å². The number of rotatable bonds is 2. The zero-order valence-corrected chi connectivity index (χ0v) is 10.1. The van der Waals surface area contributed by atoms with E-state index in [1.165, 1.54) is 0 Å². The predicted molar refractivity (Wildman–Crippen MR) is 60.7 cm³/mol. The summed E-state index contributed by atoms with van der Waals surface area (Å²) in [5.41, 5.74) is -0.789. The molecule has 0 bridgehead atoms. The zero-order valence-electron chi connectivity index (χ0n) is 10.1. The van der Waals surface area contributed by atoms with Gasteiger partial charge in [-0.2, -0.15) is 0 Å². The first-order valence-electron chi connectivity index (χ1n) is 5.27. The first kappa shape index (κ1) is 13.1. The first-order valence-corrected chi connectivity index (χ1v) is 5.27. The zero-order chi connectivity index (χ0) is 12.6. The highest BCUT2D eigenvalue weighted by Gasteiger charge is 2.34. The molecular formula is C13H18F2O. The molecule has 1 atom stereocenters. The summed E-state index contributed by atoms with van der Waals surface area (Å²) in [5.74, 6) is 0. The second-order valence-electron chi connectivity index (χ2n) is 5.28. The second kappa shape index (κ2) is 4.13. The number of aliphatic hydroxyl groups is 1. The maximum absolute atomic E-state index is 12.6. The molecule has 0 radical (unpaired) electrons. The van der Waals surface area contributed by atoms with Gasteiger partial charge in [-0.05, 0) is 23.5 Å². The fourth-order valence-corrected chi connectivity index (χ4v) is 1.43. The molecule has 1 nitrogen and oxygen atoms in total. The Bertz CT molecular complexity index is 347. The summed E-state index contributed by atoms with van der Waals surface area (Å²) in [7, 11) is 0. The molecule has 1 aromatic rings. The van der Waals surface area contributed by atoms with Crippen LogP contribution in [0.25, 0.3) is 0 Å². The lowest BCUT2D eigenvalue weighted by Gasteiger charge is -2.24. The molecule has 1 N–H and O–H groups in total. The third kappa shape index (κ3) is 2.59. The molecule has 0 saturated carbocycles. The Labute approximate surface area is 95.1 Å². The van der Waals surface area contributed by atoms with Gasteiger partial charge in [-0.1, -0.05) is 45.0 Å². The largest absolute Gasteiger partial charge is 0.379 e. The van der Waals surface area contributed by atoms with Gasteiger partial charge in [0, 0.05) is 0 Å². The van der Waals surface area contributed by atoms with Crippen LogP contribution in [0.5, 0.6) is 0 Å². The molecule has 0 aliphatic heterocycles. The fourth-order valence-electron chi connectivity index (χ4n) is 1.43. The topological polar surface area (TPSA) is 20.2 Å². The van der Waals surface area contributed by atoms with Crippen molar-refractivity contribution in [2.45, 2.75) is 45.1 Å². The smallest absolute Gasteiger partial charge is 0.270 e. The highest BCUT2D eigenvalue weighted by atomic mass is 19.3. The van der Waals surface area contributed by atoms with Crippen LogP contribution in [0.2, 0.25) is 0 Å². The third-order valence-electron chi connectivity index (χ3n) is 2.76. The van der Waals surface area contributed by atoms with Gasteiger partial charge < -0.3 is 5.11 Å².